The fraction of sp³-hybridized carbons (Fsp3) is 0.300. The Kier molecular flexibility index (Phi) is 4.65. The average Bonchev–Trinajstić information content (AvgIpc) is 2.73. The van der Waals surface area contributed by atoms with Crippen molar-refractivity contribution in [3.63, 3.8) is 0 Å². The predicted octanol–water partition coefficient (Wildman–Crippen LogP) is 0.00330. The van der Waals surface area contributed by atoms with Crippen LogP contribution >= 0.6 is 11.3 Å². The fourth-order valence-corrected chi connectivity index (χ4v) is 1.87. The number of carbonyl (C=O) groups is 3. The highest BCUT2D eigenvalue weighted by Gasteiger charge is 2.14. The van der Waals surface area contributed by atoms with Crippen molar-refractivity contribution < 1.29 is 24.2 Å². The van der Waals surface area contributed by atoms with Crippen LogP contribution in [-0.2, 0) is 14.3 Å². The van der Waals surface area contributed by atoms with E-state index in [-0.39, 0.29) is 18.4 Å². The highest BCUT2D eigenvalue weighted by molar-refractivity contribution is 7.14. The molecule has 0 aliphatic rings. The largest absolute Gasteiger partial charge is 0.550 e. The molecule has 1 amide bonds. The van der Waals surface area contributed by atoms with E-state index in [0.29, 0.717) is 5.00 Å². The Bertz CT molecular complexity index is 440. The molecule has 0 atom stereocenters. The zero-order valence-electron chi connectivity index (χ0n) is 9.02. The molecule has 92 valence electrons. The van der Waals surface area contributed by atoms with E-state index in [1.807, 2.05) is 0 Å². The number of rotatable bonds is 5. The number of nitrogens with one attached hydrogen (secondary N) is 1. The first-order chi connectivity index (χ1) is 8.04. The van der Waals surface area contributed by atoms with E-state index in [4.69, 9.17) is 0 Å². The number of carboxylic acids is 1. The molecule has 0 aliphatic heterocycles. The third-order valence-corrected chi connectivity index (χ3v) is 2.71. The average molecular weight is 256 g/mol. The minimum absolute atomic E-state index is 0.194. The van der Waals surface area contributed by atoms with Crippen molar-refractivity contribution >= 4 is 34.2 Å². The van der Waals surface area contributed by atoms with E-state index >= 15 is 0 Å². The second kappa shape index (κ2) is 6.00. The van der Waals surface area contributed by atoms with Gasteiger partial charge in [0.15, 0.2) is 0 Å². The van der Waals surface area contributed by atoms with E-state index in [1.165, 1.54) is 13.2 Å². The van der Waals surface area contributed by atoms with Crippen LogP contribution in [-0.4, -0.2) is 25.0 Å². The third-order valence-electron chi connectivity index (χ3n) is 1.88. The molecule has 1 aromatic heterocycles. The van der Waals surface area contributed by atoms with Gasteiger partial charge in [-0.2, -0.15) is 0 Å². The van der Waals surface area contributed by atoms with Crippen molar-refractivity contribution in [2.24, 2.45) is 0 Å². The third kappa shape index (κ3) is 3.87. The molecule has 0 fully saturated rings. The van der Waals surface area contributed by atoms with Crippen molar-refractivity contribution in [1.82, 2.24) is 0 Å². The van der Waals surface area contributed by atoms with Crippen molar-refractivity contribution in [1.29, 1.82) is 0 Å². The zero-order chi connectivity index (χ0) is 12.8. The smallest absolute Gasteiger partial charge is 0.340 e. The Morgan fingerprint density at radius 2 is 2.12 bits per heavy atom. The second-order valence-corrected chi connectivity index (χ2v) is 3.99. The summed E-state index contributed by atoms with van der Waals surface area (Å²) in [6.45, 7) is 0. The highest BCUT2D eigenvalue weighted by Crippen LogP contribution is 2.24. The molecule has 1 N–H and O–H groups in total. The topological polar surface area (TPSA) is 95.5 Å². The van der Waals surface area contributed by atoms with Crippen LogP contribution < -0.4 is 10.4 Å². The van der Waals surface area contributed by atoms with Gasteiger partial charge in [0.25, 0.3) is 0 Å². The summed E-state index contributed by atoms with van der Waals surface area (Å²) in [7, 11) is 1.24. The Balaban J connectivity index is 2.62. The summed E-state index contributed by atoms with van der Waals surface area (Å²) in [6, 6.07) is 1.52. The van der Waals surface area contributed by atoms with Crippen LogP contribution in [0.5, 0.6) is 0 Å². The Labute approximate surface area is 101 Å². The van der Waals surface area contributed by atoms with Gasteiger partial charge in [-0.05, 0) is 17.9 Å². The fourth-order valence-electron chi connectivity index (χ4n) is 1.08. The maximum absolute atomic E-state index is 11.3. The number of hydrogen-bond donors (Lipinski definition) is 1. The Morgan fingerprint density at radius 3 is 2.71 bits per heavy atom. The number of ether oxygens (including phenoxy) is 1. The predicted molar refractivity (Wildman–Crippen MR) is 58.5 cm³/mol. The van der Waals surface area contributed by atoms with Gasteiger partial charge < -0.3 is 20.0 Å². The van der Waals surface area contributed by atoms with Gasteiger partial charge >= 0.3 is 5.97 Å². The lowest BCUT2D eigenvalue weighted by atomic mass is 10.3. The minimum atomic E-state index is -1.29. The SMILES string of the molecule is COC(=O)c1ccsc1NC(=O)CCC(=O)[O-]. The maximum atomic E-state index is 11.3. The lowest BCUT2D eigenvalue weighted by Crippen LogP contribution is -2.24. The van der Waals surface area contributed by atoms with Crippen LogP contribution in [0, 0.1) is 0 Å². The Morgan fingerprint density at radius 1 is 1.41 bits per heavy atom. The monoisotopic (exact) mass is 256 g/mol. The number of esters is 1. The molecule has 0 aromatic carbocycles. The van der Waals surface area contributed by atoms with E-state index in [1.54, 1.807) is 5.38 Å². The number of aliphatic carboxylic acids is 1. The standard InChI is InChI=1S/C10H11NO5S/c1-16-10(15)6-4-5-17-9(6)11-7(12)2-3-8(13)14/h4-5H,2-3H2,1H3,(H,11,12)(H,13,14)/p-1. The van der Waals surface area contributed by atoms with Crippen LogP contribution in [0.1, 0.15) is 23.2 Å². The number of amides is 1. The summed E-state index contributed by atoms with van der Waals surface area (Å²) < 4.78 is 4.53. The number of thiophene rings is 1. The summed E-state index contributed by atoms with van der Waals surface area (Å²) in [5.41, 5.74) is 0.249. The molecule has 0 saturated heterocycles. The van der Waals surface area contributed by atoms with E-state index in [0.717, 1.165) is 11.3 Å². The summed E-state index contributed by atoms with van der Waals surface area (Å²) in [6.07, 6.45) is -0.550. The van der Waals surface area contributed by atoms with Gasteiger partial charge in [0.1, 0.15) is 5.00 Å². The van der Waals surface area contributed by atoms with Gasteiger partial charge in [-0.1, -0.05) is 0 Å². The van der Waals surface area contributed by atoms with Gasteiger partial charge in [-0.25, -0.2) is 4.79 Å². The number of methoxy groups -OCH3 is 1. The van der Waals surface area contributed by atoms with Gasteiger partial charge in [-0.15, -0.1) is 11.3 Å². The van der Waals surface area contributed by atoms with E-state index < -0.39 is 17.8 Å². The molecule has 6 nitrogen and oxygen atoms in total. The van der Waals surface area contributed by atoms with Crippen LogP contribution in [0.2, 0.25) is 0 Å². The molecule has 1 rings (SSSR count). The highest BCUT2D eigenvalue weighted by atomic mass is 32.1. The molecule has 0 radical (unpaired) electrons. The lowest BCUT2D eigenvalue weighted by Gasteiger charge is -2.05. The minimum Gasteiger partial charge on any atom is -0.550 e. The first kappa shape index (κ1) is 13.2. The first-order valence-corrected chi connectivity index (χ1v) is 5.58. The number of carboxylic acid groups (broad SMARTS) is 1. The molecule has 1 heterocycles. The molecule has 17 heavy (non-hydrogen) atoms. The quantitative estimate of drug-likeness (QED) is 0.748. The molecule has 0 aliphatic carbocycles. The van der Waals surface area contributed by atoms with Gasteiger partial charge in [0.2, 0.25) is 5.91 Å². The van der Waals surface area contributed by atoms with Crippen LogP contribution in [0.3, 0.4) is 0 Å². The molecular formula is C10H10NO5S-. The van der Waals surface area contributed by atoms with Crippen LogP contribution in [0.25, 0.3) is 0 Å². The summed E-state index contributed by atoms with van der Waals surface area (Å²) in [5, 5.41) is 14.6. The molecule has 7 heteroatoms. The number of anilines is 1. The van der Waals surface area contributed by atoms with Crippen molar-refractivity contribution in [2.75, 3.05) is 12.4 Å². The molecule has 0 unspecified atom stereocenters. The summed E-state index contributed by atoms with van der Waals surface area (Å²) in [4.78, 5) is 32.8. The lowest BCUT2D eigenvalue weighted by molar-refractivity contribution is -0.305. The summed E-state index contributed by atoms with van der Waals surface area (Å²) in [5.74, 6) is -2.33. The van der Waals surface area contributed by atoms with Gasteiger partial charge in [0.05, 0.1) is 12.7 Å². The molecule has 0 saturated carbocycles. The maximum Gasteiger partial charge on any atom is 0.340 e. The van der Waals surface area contributed by atoms with Crippen molar-refractivity contribution in [3.05, 3.63) is 17.0 Å². The number of carbonyl (C=O) groups excluding carboxylic acids is 3. The second-order valence-electron chi connectivity index (χ2n) is 3.08. The summed E-state index contributed by atoms with van der Waals surface area (Å²) >= 11 is 1.16. The first-order valence-electron chi connectivity index (χ1n) is 4.70. The van der Waals surface area contributed by atoms with E-state index in [9.17, 15) is 19.5 Å². The normalized spacial score (nSPS) is 9.71. The van der Waals surface area contributed by atoms with E-state index in [2.05, 4.69) is 10.1 Å². The van der Waals surface area contributed by atoms with Crippen LogP contribution in [0.15, 0.2) is 11.4 Å². The molecule has 0 bridgehead atoms. The van der Waals surface area contributed by atoms with Crippen molar-refractivity contribution in [2.45, 2.75) is 12.8 Å². The number of hydrogen-bond acceptors (Lipinski definition) is 6. The Hall–Kier alpha value is -1.89. The molecule has 1 aromatic rings. The van der Waals surface area contributed by atoms with Crippen LogP contribution in [0.4, 0.5) is 5.00 Å². The zero-order valence-corrected chi connectivity index (χ0v) is 9.83. The van der Waals surface area contributed by atoms with Gasteiger partial charge in [0, 0.05) is 12.4 Å². The van der Waals surface area contributed by atoms with Crippen molar-refractivity contribution in [3.8, 4) is 0 Å². The molecular weight excluding hydrogens is 246 g/mol. The van der Waals surface area contributed by atoms with Gasteiger partial charge in [-0.3, -0.25) is 4.79 Å². The molecule has 0 spiro atoms.